The highest BCUT2D eigenvalue weighted by molar-refractivity contribution is 8.18. The summed E-state index contributed by atoms with van der Waals surface area (Å²) < 4.78 is 39.6. The van der Waals surface area contributed by atoms with Crippen molar-refractivity contribution < 1.29 is 22.8 Å². The van der Waals surface area contributed by atoms with Crippen LogP contribution in [0.1, 0.15) is 24.0 Å². The largest absolute Gasteiger partial charge is 0.416 e. The summed E-state index contributed by atoms with van der Waals surface area (Å²) in [6, 6.07) is 1.69. The molecule has 3 rings (SSSR count). The van der Waals surface area contributed by atoms with Gasteiger partial charge in [0.1, 0.15) is 0 Å². The lowest BCUT2D eigenvalue weighted by Gasteiger charge is -2.34. The third-order valence-corrected chi connectivity index (χ3v) is 5.22. The Balaban J connectivity index is 2.12. The molecule has 2 aliphatic heterocycles. The average Bonchev–Trinajstić information content (AvgIpc) is 2.83. The Morgan fingerprint density at radius 3 is 2.65 bits per heavy atom. The third-order valence-electron chi connectivity index (χ3n) is 4.12. The molecule has 1 aromatic rings. The van der Waals surface area contributed by atoms with Gasteiger partial charge in [0.25, 0.3) is 11.1 Å². The van der Waals surface area contributed by atoms with E-state index in [1.165, 1.54) is 6.08 Å². The van der Waals surface area contributed by atoms with Crippen LogP contribution in [0.2, 0.25) is 5.02 Å². The van der Waals surface area contributed by atoms with E-state index in [0.29, 0.717) is 30.5 Å². The Bertz CT molecular complexity index is 798. The lowest BCUT2D eigenvalue weighted by molar-refractivity contribution is -0.137. The van der Waals surface area contributed by atoms with Crippen LogP contribution in [0, 0.1) is 0 Å². The molecular formula is C16H15ClF3N3O2S. The number of benzene rings is 1. The van der Waals surface area contributed by atoms with Crippen LogP contribution in [0.3, 0.4) is 0 Å². The lowest BCUT2D eigenvalue weighted by atomic mass is 10.0. The number of hydrogen-bond acceptors (Lipinski definition) is 5. The molecule has 1 unspecified atom stereocenters. The van der Waals surface area contributed by atoms with Crippen molar-refractivity contribution >= 4 is 46.3 Å². The van der Waals surface area contributed by atoms with Crippen molar-refractivity contribution in [3.63, 3.8) is 0 Å². The number of nitrogens with one attached hydrogen (secondary N) is 1. The first-order valence-electron chi connectivity index (χ1n) is 7.81. The number of amides is 2. The fraction of sp³-hybridized carbons (Fsp3) is 0.375. The molecule has 0 radical (unpaired) electrons. The summed E-state index contributed by atoms with van der Waals surface area (Å²) in [6.45, 7) is 1.03. The van der Waals surface area contributed by atoms with Gasteiger partial charge >= 0.3 is 6.18 Å². The fourth-order valence-electron chi connectivity index (χ4n) is 3.00. The van der Waals surface area contributed by atoms with Crippen LogP contribution in [0.25, 0.3) is 6.08 Å². The summed E-state index contributed by atoms with van der Waals surface area (Å²) in [5.74, 6) is -0.644. The number of rotatable bonds is 2. The quantitative estimate of drug-likeness (QED) is 0.735. The highest BCUT2D eigenvalue weighted by atomic mass is 35.5. The molecule has 26 heavy (non-hydrogen) atoms. The first kappa shape index (κ1) is 19.1. The van der Waals surface area contributed by atoms with Crippen LogP contribution in [0.15, 0.2) is 17.0 Å². The van der Waals surface area contributed by atoms with E-state index in [1.54, 1.807) is 0 Å². The first-order valence-corrected chi connectivity index (χ1v) is 9.00. The standard InChI is InChI=1S/C16H15ClF3N3O2S/c17-11-6-9(16(18,19)20)4-8(5-12-14(24)22-15(25)26-12)13(11)23-3-1-2-10(21)7-23/h4-6,10H,1-3,7,21H2,(H,22,24,25). The highest BCUT2D eigenvalue weighted by Crippen LogP contribution is 2.40. The number of alkyl halides is 3. The number of carbonyl (C=O) groups is 2. The van der Waals surface area contributed by atoms with Gasteiger partial charge in [0.2, 0.25) is 0 Å². The molecule has 0 aliphatic carbocycles. The van der Waals surface area contributed by atoms with Crippen LogP contribution in [0.5, 0.6) is 0 Å². The second-order valence-corrected chi connectivity index (χ2v) is 7.52. The van der Waals surface area contributed by atoms with Crippen molar-refractivity contribution in [2.75, 3.05) is 18.0 Å². The second-order valence-electron chi connectivity index (χ2n) is 6.09. The molecule has 0 saturated carbocycles. The van der Waals surface area contributed by atoms with Gasteiger partial charge in [0, 0.05) is 24.7 Å². The van der Waals surface area contributed by atoms with E-state index in [9.17, 15) is 22.8 Å². The molecule has 1 aromatic carbocycles. The molecule has 0 spiro atoms. The van der Waals surface area contributed by atoms with E-state index in [4.69, 9.17) is 17.3 Å². The second kappa shape index (κ2) is 7.13. The fourth-order valence-corrected chi connectivity index (χ4v) is 4.02. The summed E-state index contributed by atoms with van der Waals surface area (Å²) in [7, 11) is 0. The van der Waals surface area contributed by atoms with E-state index in [2.05, 4.69) is 5.32 Å². The number of halogens is 4. The molecule has 0 aromatic heterocycles. The van der Waals surface area contributed by atoms with Gasteiger partial charge in [-0.25, -0.2) is 0 Å². The van der Waals surface area contributed by atoms with Gasteiger partial charge in [-0.1, -0.05) is 11.6 Å². The molecule has 10 heteroatoms. The number of anilines is 1. The van der Waals surface area contributed by atoms with Crippen molar-refractivity contribution in [3.05, 3.63) is 33.2 Å². The van der Waals surface area contributed by atoms with Crippen molar-refractivity contribution in [1.82, 2.24) is 5.32 Å². The Labute approximate surface area is 156 Å². The van der Waals surface area contributed by atoms with Gasteiger partial charge in [-0.05, 0) is 42.8 Å². The predicted molar refractivity (Wildman–Crippen MR) is 95.0 cm³/mol. The van der Waals surface area contributed by atoms with E-state index < -0.39 is 22.9 Å². The molecule has 2 amide bonds. The van der Waals surface area contributed by atoms with Gasteiger partial charge in [-0.2, -0.15) is 13.2 Å². The maximum Gasteiger partial charge on any atom is 0.416 e. The zero-order valence-corrected chi connectivity index (χ0v) is 15.0. The van der Waals surface area contributed by atoms with Crippen molar-refractivity contribution in [3.8, 4) is 0 Å². The van der Waals surface area contributed by atoms with Crippen LogP contribution < -0.4 is 16.0 Å². The number of imide groups is 1. The highest BCUT2D eigenvalue weighted by Gasteiger charge is 2.34. The van der Waals surface area contributed by atoms with Gasteiger partial charge in [-0.3, -0.25) is 14.9 Å². The Hall–Kier alpha value is -1.71. The normalized spacial score (nSPS) is 22.9. The summed E-state index contributed by atoms with van der Waals surface area (Å²) in [5, 5.41) is 1.44. The minimum atomic E-state index is -4.59. The Kier molecular flexibility index (Phi) is 5.23. The molecule has 3 N–H and O–H groups in total. The van der Waals surface area contributed by atoms with E-state index in [0.717, 1.165) is 25.0 Å². The number of nitrogens with two attached hydrogens (primary N) is 1. The number of thioether (sulfide) groups is 1. The van der Waals surface area contributed by atoms with Crippen LogP contribution in [0.4, 0.5) is 23.7 Å². The molecule has 2 aliphatic rings. The average molecular weight is 406 g/mol. The summed E-state index contributed by atoms with van der Waals surface area (Å²) in [4.78, 5) is 25.0. The number of carbonyl (C=O) groups excluding carboxylic acids is 2. The van der Waals surface area contributed by atoms with E-state index in [1.807, 2.05) is 4.90 Å². The van der Waals surface area contributed by atoms with Crippen LogP contribution >= 0.6 is 23.4 Å². The summed E-state index contributed by atoms with van der Waals surface area (Å²) in [6.07, 6.45) is -1.73. The van der Waals surface area contributed by atoms with Gasteiger partial charge < -0.3 is 10.6 Å². The smallest absolute Gasteiger partial charge is 0.368 e. The monoisotopic (exact) mass is 405 g/mol. The van der Waals surface area contributed by atoms with Crippen molar-refractivity contribution in [1.29, 1.82) is 0 Å². The van der Waals surface area contributed by atoms with Crippen molar-refractivity contribution in [2.45, 2.75) is 25.1 Å². The van der Waals surface area contributed by atoms with Gasteiger partial charge in [0.15, 0.2) is 0 Å². The van der Waals surface area contributed by atoms with Crippen LogP contribution in [-0.2, 0) is 11.0 Å². The van der Waals surface area contributed by atoms with E-state index >= 15 is 0 Å². The number of hydrogen-bond donors (Lipinski definition) is 2. The van der Waals surface area contributed by atoms with Gasteiger partial charge in [-0.15, -0.1) is 0 Å². The van der Waals surface area contributed by atoms with Gasteiger partial charge in [0.05, 0.1) is 21.2 Å². The third kappa shape index (κ3) is 3.99. The molecular weight excluding hydrogens is 391 g/mol. The SMILES string of the molecule is NC1CCCN(c2c(Cl)cc(C(F)(F)F)cc2C=C2SC(=O)NC2=O)C1. The number of piperidine rings is 1. The first-order chi connectivity index (χ1) is 12.1. The lowest BCUT2D eigenvalue weighted by Crippen LogP contribution is -2.43. The zero-order chi connectivity index (χ0) is 19.1. The predicted octanol–water partition coefficient (Wildman–Crippen LogP) is 3.61. The zero-order valence-electron chi connectivity index (χ0n) is 13.4. The minimum absolute atomic E-state index is 0.0212. The maximum atomic E-state index is 13.2. The topological polar surface area (TPSA) is 75.4 Å². The Morgan fingerprint density at radius 1 is 1.35 bits per heavy atom. The van der Waals surface area contributed by atoms with E-state index in [-0.39, 0.29) is 21.5 Å². The summed E-state index contributed by atoms with van der Waals surface area (Å²) >= 11 is 6.82. The molecule has 140 valence electrons. The molecule has 0 bridgehead atoms. The van der Waals surface area contributed by atoms with Crippen LogP contribution in [-0.4, -0.2) is 30.3 Å². The summed E-state index contributed by atoms with van der Waals surface area (Å²) in [5.41, 5.74) is 5.57. The minimum Gasteiger partial charge on any atom is -0.368 e. The molecule has 5 nitrogen and oxygen atoms in total. The number of nitrogens with zero attached hydrogens (tertiary/aromatic N) is 1. The maximum absolute atomic E-state index is 13.2. The molecule has 2 saturated heterocycles. The molecule has 2 fully saturated rings. The van der Waals surface area contributed by atoms with Crippen molar-refractivity contribution in [2.24, 2.45) is 5.73 Å². The molecule has 2 heterocycles. The molecule has 1 atom stereocenters. The Morgan fingerprint density at radius 2 is 2.08 bits per heavy atom.